The van der Waals surface area contributed by atoms with Gasteiger partial charge < -0.3 is 19.1 Å². The van der Waals surface area contributed by atoms with E-state index in [0.717, 1.165) is 6.42 Å². The van der Waals surface area contributed by atoms with Gasteiger partial charge >= 0.3 is 5.97 Å². The third-order valence-electron chi connectivity index (χ3n) is 6.08. The molecular weight excluding hydrogens is 448 g/mol. The lowest BCUT2D eigenvalue weighted by Gasteiger charge is -2.34. The molecule has 33 heavy (non-hydrogen) atoms. The number of cyclic esters (lactones) is 1. The van der Waals surface area contributed by atoms with Crippen molar-refractivity contribution in [2.24, 2.45) is 0 Å². The number of ether oxygens (including phenoxy) is 3. The highest BCUT2D eigenvalue weighted by atomic mass is 32.2. The minimum Gasteiger partial charge on any atom is -0.490 e. The molecule has 0 saturated carbocycles. The number of nitrogens with zero attached hydrogens (tertiary/aromatic N) is 2. The van der Waals surface area contributed by atoms with Crippen molar-refractivity contribution < 1.29 is 32.2 Å². The summed E-state index contributed by atoms with van der Waals surface area (Å²) in [6.07, 6.45) is 0.167. The smallest absolute Gasteiger partial charge is 0.339 e. The van der Waals surface area contributed by atoms with E-state index in [0.29, 0.717) is 35.8 Å². The third-order valence-corrected chi connectivity index (χ3v) is 7.98. The fraction of sp³-hybridized carbons (Fsp3) is 0.391. The second-order valence-electron chi connectivity index (χ2n) is 8.13. The molecule has 1 fully saturated rings. The topological polar surface area (TPSA) is 102 Å². The largest absolute Gasteiger partial charge is 0.490 e. The van der Waals surface area contributed by atoms with E-state index in [-0.39, 0.29) is 43.4 Å². The first kappa shape index (κ1) is 21.7. The van der Waals surface area contributed by atoms with E-state index in [1.54, 1.807) is 29.2 Å². The molecule has 0 aliphatic carbocycles. The summed E-state index contributed by atoms with van der Waals surface area (Å²) in [5, 5.41) is 0. The molecule has 0 aromatic heterocycles. The summed E-state index contributed by atoms with van der Waals surface area (Å²) < 4.78 is 44.2. The Morgan fingerprint density at radius 2 is 1.70 bits per heavy atom. The van der Waals surface area contributed by atoms with Crippen LogP contribution in [0.1, 0.15) is 34.9 Å². The molecule has 10 heteroatoms. The van der Waals surface area contributed by atoms with E-state index in [2.05, 4.69) is 0 Å². The van der Waals surface area contributed by atoms with Crippen LogP contribution in [0.4, 0.5) is 0 Å². The van der Waals surface area contributed by atoms with Gasteiger partial charge in [0.25, 0.3) is 0 Å². The standard InChI is InChI=1S/C23H24N2O7S/c26-22(15-20-17-4-1-2-5-18(17)23(27)32-20)24-8-10-25(11-9-24)33(28,29)16-6-7-19-21(14-16)31-13-3-12-30-19/h1-2,4-7,14,20H,3,8-13,15H2. The molecule has 1 unspecified atom stereocenters. The third kappa shape index (κ3) is 4.16. The quantitative estimate of drug-likeness (QED) is 0.627. The summed E-state index contributed by atoms with van der Waals surface area (Å²) in [5.41, 5.74) is 1.20. The van der Waals surface area contributed by atoms with Gasteiger partial charge in [-0.15, -0.1) is 0 Å². The van der Waals surface area contributed by atoms with Crippen molar-refractivity contribution in [2.75, 3.05) is 39.4 Å². The van der Waals surface area contributed by atoms with Crippen LogP contribution in [-0.2, 0) is 19.6 Å². The SMILES string of the molecule is O=C1OC(CC(=O)N2CCN(S(=O)(=O)c3ccc4c(c3)OCCCO4)CC2)c2ccccc21. The Balaban J connectivity index is 1.22. The first-order valence-corrected chi connectivity index (χ1v) is 12.3. The van der Waals surface area contributed by atoms with Gasteiger partial charge in [0.1, 0.15) is 6.10 Å². The number of hydrogen-bond acceptors (Lipinski definition) is 7. The number of sulfonamides is 1. The van der Waals surface area contributed by atoms with Gasteiger partial charge in [-0.25, -0.2) is 13.2 Å². The monoisotopic (exact) mass is 472 g/mol. The molecular formula is C23H24N2O7S. The Morgan fingerprint density at radius 3 is 2.48 bits per heavy atom. The fourth-order valence-corrected chi connectivity index (χ4v) is 5.73. The molecule has 0 N–H and O–H groups in total. The van der Waals surface area contributed by atoms with Crippen LogP contribution in [0.2, 0.25) is 0 Å². The van der Waals surface area contributed by atoms with Crippen molar-refractivity contribution in [1.29, 1.82) is 0 Å². The van der Waals surface area contributed by atoms with Crippen molar-refractivity contribution in [3.63, 3.8) is 0 Å². The normalized spacial score (nSPS) is 20.7. The lowest BCUT2D eigenvalue weighted by Crippen LogP contribution is -2.50. The summed E-state index contributed by atoms with van der Waals surface area (Å²) >= 11 is 0. The zero-order chi connectivity index (χ0) is 23.0. The molecule has 5 rings (SSSR count). The predicted molar refractivity (Wildman–Crippen MR) is 117 cm³/mol. The Morgan fingerprint density at radius 1 is 0.970 bits per heavy atom. The zero-order valence-corrected chi connectivity index (χ0v) is 18.8. The minimum atomic E-state index is -3.74. The second-order valence-corrected chi connectivity index (χ2v) is 10.1. The lowest BCUT2D eigenvalue weighted by molar-refractivity contribution is -0.134. The van der Waals surface area contributed by atoms with Crippen molar-refractivity contribution in [1.82, 2.24) is 9.21 Å². The van der Waals surface area contributed by atoms with Gasteiger partial charge in [0.2, 0.25) is 15.9 Å². The molecule has 3 aliphatic heterocycles. The number of fused-ring (bicyclic) bond motifs is 2. The minimum absolute atomic E-state index is 0.0393. The van der Waals surface area contributed by atoms with Crippen LogP contribution in [-0.4, -0.2) is 68.9 Å². The summed E-state index contributed by atoms with van der Waals surface area (Å²) in [6.45, 7) is 1.90. The van der Waals surface area contributed by atoms with E-state index in [4.69, 9.17) is 14.2 Å². The fourth-order valence-electron chi connectivity index (χ4n) is 4.29. The maximum atomic E-state index is 13.2. The number of benzene rings is 2. The molecule has 1 atom stereocenters. The maximum absolute atomic E-state index is 13.2. The lowest BCUT2D eigenvalue weighted by atomic mass is 10.0. The Kier molecular flexibility index (Phi) is 5.71. The van der Waals surface area contributed by atoms with Crippen LogP contribution >= 0.6 is 0 Å². The van der Waals surface area contributed by atoms with Gasteiger partial charge in [-0.3, -0.25) is 4.79 Å². The van der Waals surface area contributed by atoms with Crippen LogP contribution in [0, 0.1) is 0 Å². The molecule has 0 spiro atoms. The molecule has 3 aliphatic rings. The van der Waals surface area contributed by atoms with E-state index in [1.807, 2.05) is 6.07 Å². The van der Waals surface area contributed by atoms with Crippen molar-refractivity contribution in [3.8, 4) is 11.5 Å². The number of piperazine rings is 1. The van der Waals surface area contributed by atoms with E-state index >= 15 is 0 Å². The van der Waals surface area contributed by atoms with Crippen LogP contribution in [0.3, 0.4) is 0 Å². The summed E-state index contributed by atoms with van der Waals surface area (Å²) in [7, 11) is -3.74. The highest BCUT2D eigenvalue weighted by Gasteiger charge is 2.35. The van der Waals surface area contributed by atoms with Gasteiger partial charge in [-0.1, -0.05) is 18.2 Å². The number of hydrogen-bond donors (Lipinski definition) is 0. The molecule has 0 bridgehead atoms. The summed E-state index contributed by atoms with van der Waals surface area (Å²) in [6, 6.07) is 11.7. The zero-order valence-electron chi connectivity index (χ0n) is 17.9. The first-order chi connectivity index (χ1) is 15.9. The number of carbonyl (C=O) groups is 2. The highest BCUT2D eigenvalue weighted by molar-refractivity contribution is 7.89. The Labute approximate surface area is 191 Å². The number of carbonyl (C=O) groups excluding carboxylic acids is 2. The molecule has 9 nitrogen and oxygen atoms in total. The molecule has 1 amide bonds. The van der Waals surface area contributed by atoms with Crippen molar-refractivity contribution in [2.45, 2.75) is 23.8 Å². The average Bonchev–Trinajstić information content (AvgIpc) is 2.99. The Hall–Kier alpha value is -3.11. The van der Waals surface area contributed by atoms with Gasteiger partial charge in [0.15, 0.2) is 11.5 Å². The van der Waals surface area contributed by atoms with Crippen LogP contribution < -0.4 is 9.47 Å². The predicted octanol–water partition coefficient (Wildman–Crippen LogP) is 1.98. The van der Waals surface area contributed by atoms with Crippen molar-refractivity contribution in [3.05, 3.63) is 53.6 Å². The van der Waals surface area contributed by atoms with Crippen LogP contribution in [0.15, 0.2) is 47.4 Å². The van der Waals surface area contributed by atoms with Gasteiger partial charge in [-0.05, 0) is 18.2 Å². The van der Waals surface area contributed by atoms with E-state index < -0.39 is 22.1 Å². The molecule has 1 saturated heterocycles. The summed E-state index contributed by atoms with van der Waals surface area (Å²) in [4.78, 5) is 26.6. The molecule has 2 aromatic rings. The van der Waals surface area contributed by atoms with Gasteiger partial charge in [0.05, 0.1) is 30.1 Å². The molecule has 2 aromatic carbocycles. The molecule has 174 valence electrons. The highest BCUT2D eigenvalue weighted by Crippen LogP contribution is 2.34. The molecule has 0 radical (unpaired) electrons. The van der Waals surface area contributed by atoms with Crippen molar-refractivity contribution >= 4 is 21.9 Å². The van der Waals surface area contributed by atoms with E-state index in [1.165, 1.54) is 16.4 Å². The average molecular weight is 473 g/mol. The second kappa shape index (κ2) is 8.68. The van der Waals surface area contributed by atoms with Gasteiger partial charge in [0, 0.05) is 44.2 Å². The van der Waals surface area contributed by atoms with Crippen LogP contribution in [0.5, 0.6) is 11.5 Å². The number of rotatable bonds is 4. The summed E-state index contributed by atoms with van der Waals surface area (Å²) in [5.74, 6) is 0.372. The molecule has 3 heterocycles. The van der Waals surface area contributed by atoms with E-state index in [9.17, 15) is 18.0 Å². The Bertz CT molecular complexity index is 1190. The van der Waals surface area contributed by atoms with Crippen LogP contribution in [0.25, 0.3) is 0 Å². The van der Waals surface area contributed by atoms with Gasteiger partial charge in [-0.2, -0.15) is 4.31 Å². The maximum Gasteiger partial charge on any atom is 0.339 e. The first-order valence-electron chi connectivity index (χ1n) is 10.9. The number of amides is 1. The number of esters is 1.